The zero-order valence-corrected chi connectivity index (χ0v) is 16.3. The summed E-state index contributed by atoms with van der Waals surface area (Å²) in [4.78, 5) is 0.272. The minimum absolute atomic E-state index is 0.207. The minimum atomic E-state index is -3.64. The van der Waals surface area contributed by atoms with Crippen molar-refractivity contribution in [3.05, 3.63) is 52.6 Å². The molecule has 3 rings (SSSR count). The zero-order chi connectivity index (χ0) is 18.4. The van der Waals surface area contributed by atoms with Gasteiger partial charge in [0.15, 0.2) is 0 Å². The molecule has 5 heteroatoms. The quantitative estimate of drug-likeness (QED) is 0.877. The van der Waals surface area contributed by atoms with Gasteiger partial charge in [0.05, 0.1) is 10.6 Å². The highest BCUT2D eigenvalue weighted by Gasteiger charge is 2.28. The molecule has 0 saturated heterocycles. The fourth-order valence-electron chi connectivity index (χ4n) is 3.34. The normalized spacial score (nSPS) is 16.0. The average molecular weight is 359 g/mol. The summed E-state index contributed by atoms with van der Waals surface area (Å²) in [5, 5.41) is 0. The van der Waals surface area contributed by atoms with Crippen molar-refractivity contribution in [1.82, 2.24) is 0 Å². The van der Waals surface area contributed by atoms with E-state index in [0.29, 0.717) is 5.69 Å². The molecule has 0 aromatic heterocycles. The van der Waals surface area contributed by atoms with Crippen LogP contribution in [-0.2, 0) is 16.4 Å². The second-order valence-corrected chi connectivity index (χ2v) is 9.19. The van der Waals surface area contributed by atoms with Crippen molar-refractivity contribution >= 4 is 15.7 Å². The molecule has 0 bridgehead atoms. The molecular formula is C20H25NO3S. The second-order valence-electron chi connectivity index (χ2n) is 7.51. The number of hydrogen-bond acceptors (Lipinski definition) is 3. The number of rotatable bonds is 3. The van der Waals surface area contributed by atoms with E-state index in [0.717, 1.165) is 40.8 Å². The summed E-state index contributed by atoms with van der Waals surface area (Å²) in [5.74, 6) is 0.776. The third-order valence-corrected chi connectivity index (χ3v) is 5.99. The maximum Gasteiger partial charge on any atom is 0.261 e. The Bertz CT molecular complexity index is 907. The van der Waals surface area contributed by atoms with Crippen molar-refractivity contribution in [2.24, 2.45) is 0 Å². The highest BCUT2D eigenvalue weighted by atomic mass is 32.2. The Morgan fingerprint density at radius 1 is 1.04 bits per heavy atom. The molecule has 0 radical (unpaired) electrons. The van der Waals surface area contributed by atoms with E-state index in [9.17, 15) is 8.42 Å². The average Bonchev–Trinajstić information content (AvgIpc) is 2.49. The van der Waals surface area contributed by atoms with Crippen molar-refractivity contribution in [1.29, 1.82) is 0 Å². The minimum Gasteiger partial charge on any atom is -0.488 e. The van der Waals surface area contributed by atoms with Crippen LogP contribution in [0.25, 0.3) is 0 Å². The first kappa shape index (κ1) is 17.8. The molecule has 2 aromatic carbocycles. The number of fused-ring (bicyclic) bond motifs is 1. The van der Waals surface area contributed by atoms with Gasteiger partial charge in [-0.1, -0.05) is 17.7 Å². The van der Waals surface area contributed by atoms with Crippen LogP contribution in [0.15, 0.2) is 35.2 Å². The van der Waals surface area contributed by atoms with E-state index < -0.39 is 10.0 Å². The van der Waals surface area contributed by atoms with Crippen LogP contribution in [-0.4, -0.2) is 14.0 Å². The molecule has 0 unspecified atom stereocenters. The molecule has 0 aliphatic carbocycles. The third-order valence-electron chi connectivity index (χ3n) is 4.64. The lowest BCUT2D eigenvalue weighted by Crippen LogP contribution is -2.32. The van der Waals surface area contributed by atoms with Gasteiger partial charge in [0.2, 0.25) is 0 Å². The zero-order valence-electron chi connectivity index (χ0n) is 15.4. The maximum atomic E-state index is 12.9. The maximum absolute atomic E-state index is 12.9. The van der Waals surface area contributed by atoms with E-state index >= 15 is 0 Å². The van der Waals surface area contributed by atoms with Crippen molar-refractivity contribution in [2.45, 2.75) is 58.0 Å². The molecule has 2 aromatic rings. The first-order valence-corrected chi connectivity index (χ1v) is 9.98. The van der Waals surface area contributed by atoms with Crippen LogP contribution in [0.4, 0.5) is 5.69 Å². The highest BCUT2D eigenvalue weighted by molar-refractivity contribution is 7.92. The fourth-order valence-corrected chi connectivity index (χ4v) is 4.59. The van der Waals surface area contributed by atoms with Gasteiger partial charge >= 0.3 is 0 Å². The van der Waals surface area contributed by atoms with Crippen LogP contribution >= 0.6 is 0 Å². The predicted molar refractivity (Wildman–Crippen MR) is 101 cm³/mol. The number of benzene rings is 2. The van der Waals surface area contributed by atoms with Crippen LogP contribution in [0.3, 0.4) is 0 Å². The second kappa shape index (κ2) is 6.06. The van der Waals surface area contributed by atoms with Crippen molar-refractivity contribution in [2.75, 3.05) is 4.72 Å². The topological polar surface area (TPSA) is 55.4 Å². The van der Waals surface area contributed by atoms with Crippen LogP contribution in [0.1, 0.15) is 42.5 Å². The first-order chi connectivity index (χ1) is 11.6. The lowest BCUT2D eigenvalue weighted by atomic mass is 9.94. The Labute approximate surface area is 150 Å². The lowest BCUT2D eigenvalue weighted by molar-refractivity contribution is 0.0845. The third kappa shape index (κ3) is 3.66. The molecule has 134 valence electrons. The summed E-state index contributed by atoms with van der Waals surface area (Å²) in [6, 6.07) is 9.06. The standard InChI is InChI=1S/C20H25NO3S/c1-13-10-14(2)19(15(3)11-13)21-25(22,23)17-6-7-18-16(12-17)8-9-20(4,5)24-18/h6-7,10-12,21H,8-9H2,1-5H3. The Morgan fingerprint density at radius 3 is 2.32 bits per heavy atom. The summed E-state index contributed by atoms with van der Waals surface area (Å²) in [7, 11) is -3.64. The summed E-state index contributed by atoms with van der Waals surface area (Å²) in [6.07, 6.45) is 1.68. The van der Waals surface area contributed by atoms with Gasteiger partial charge in [-0.25, -0.2) is 8.42 Å². The van der Waals surface area contributed by atoms with Crippen molar-refractivity contribution in [3.8, 4) is 5.75 Å². The smallest absolute Gasteiger partial charge is 0.261 e. The molecule has 4 nitrogen and oxygen atoms in total. The largest absolute Gasteiger partial charge is 0.488 e. The molecule has 1 heterocycles. The van der Waals surface area contributed by atoms with Crippen LogP contribution < -0.4 is 9.46 Å². The molecule has 0 saturated carbocycles. The SMILES string of the molecule is Cc1cc(C)c(NS(=O)(=O)c2ccc3c(c2)CCC(C)(C)O3)c(C)c1. The first-order valence-electron chi connectivity index (χ1n) is 8.50. The fraction of sp³-hybridized carbons (Fsp3) is 0.400. The Hall–Kier alpha value is -2.01. The van der Waals surface area contributed by atoms with Gasteiger partial charge in [0.1, 0.15) is 11.4 Å². The molecule has 0 fully saturated rings. The number of nitrogens with one attached hydrogen (secondary N) is 1. The number of sulfonamides is 1. The van der Waals surface area contributed by atoms with Gasteiger partial charge in [0.25, 0.3) is 10.0 Å². The van der Waals surface area contributed by atoms with E-state index in [1.54, 1.807) is 18.2 Å². The summed E-state index contributed by atoms with van der Waals surface area (Å²) in [5.41, 5.74) is 4.35. The summed E-state index contributed by atoms with van der Waals surface area (Å²) < 4.78 is 34.4. The van der Waals surface area contributed by atoms with E-state index in [-0.39, 0.29) is 10.5 Å². The number of anilines is 1. The van der Waals surface area contributed by atoms with Gasteiger partial charge in [-0.05, 0) is 82.3 Å². The summed E-state index contributed by atoms with van der Waals surface area (Å²) >= 11 is 0. The van der Waals surface area contributed by atoms with Gasteiger partial charge in [-0.15, -0.1) is 0 Å². The van der Waals surface area contributed by atoms with E-state index in [1.807, 2.05) is 46.8 Å². The van der Waals surface area contributed by atoms with Gasteiger partial charge in [-0.2, -0.15) is 0 Å². The Balaban J connectivity index is 1.94. The van der Waals surface area contributed by atoms with E-state index in [1.165, 1.54) is 0 Å². The highest BCUT2D eigenvalue weighted by Crippen LogP contribution is 2.35. The molecule has 1 aliphatic rings. The van der Waals surface area contributed by atoms with Crippen LogP contribution in [0, 0.1) is 20.8 Å². The number of ether oxygens (including phenoxy) is 1. The number of hydrogen-bond donors (Lipinski definition) is 1. The summed E-state index contributed by atoms with van der Waals surface area (Å²) in [6.45, 7) is 9.93. The molecule has 0 spiro atoms. The molecular weight excluding hydrogens is 334 g/mol. The van der Waals surface area contributed by atoms with Crippen LogP contribution in [0.2, 0.25) is 0 Å². The lowest BCUT2D eigenvalue weighted by Gasteiger charge is -2.32. The van der Waals surface area contributed by atoms with Crippen LogP contribution in [0.5, 0.6) is 5.75 Å². The Morgan fingerprint density at radius 2 is 1.68 bits per heavy atom. The van der Waals surface area contributed by atoms with Gasteiger partial charge < -0.3 is 4.74 Å². The van der Waals surface area contributed by atoms with E-state index in [4.69, 9.17) is 4.74 Å². The van der Waals surface area contributed by atoms with Gasteiger partial charge in [-0.3, -0.25) is 4.72 Å². The molecule has 1 aliphatic heterocycles. The van der Waals surface area contributed by atoms with Crippen molar-refractivity contribution < 1.29 is 13.2 Å². The van der Waals surface area contributed by atoms with Gasteiger partial charge in [0, 0.05) is 0 Å². The monoisotopic (exact) mass is 359 g/mol. The molecule has 25 heavy (non-hydrogen) atoms. The van der Waals surface area contributed by atoms with Crippen molar-refractivity contribution in [3.63, 3.8) is 0 Å². The molecule has 1 N–H and O–H groups in total. The molecule has 0 amide bonds. The Kier molecular flexibility index (Phi) is 4.31. The molecule has 0 atom stereocenters. The van der Waals surface area contributed by atoms with E-state index in [2.05, 4.69) is 4.72 Å². The predicted octanol–water partition coefficient (Wildman–Crippen LogP) is 4.52. The number of aryl methyl sites for hydroxylation is 4.